The third-order valence-electron chi connectivity index (χ3n) is 3.49. The molecule has 1 N–H and O–H groups in total. The summed E-state index contributed by atoms with van der Waals surface area (Å²) in [5.41, 5.74) is 2.79. The molecule has 0 radical (unpaired) electrons. The number of likely N-dealkylation sites (N-methyl/N-ethyl adjacent to an activating group) is 1. The van der Waals surface area contributed by atoms with Gasteiger partial charge in [-0.15, -0.1) is 0 Å². The Kier molecular flexibility index (Phi) is 3.70. The molecule has 0 spiro atoms. The van der Waals surface area contributed by atoms with E-state index in [1.54, 1.807) is 7.05 Å². The van der Waals surface area contributed by atoms with Gasteiger partial charge in [0.1, 0.15) is 0 Å². The van der Waals surface area contributed by atoms with Crippen LogP contribution in [0.3, 0.4) is 0 Å². The zero-order valence-electron chi connectivity index (χ0n) is 11.6. The highest BCUT2D eigenvalue weighted by atomic mass is 16.2. The fourth-order valence-electron chi connectivity index (χ4n) is 2.16. The molecule has 0 aliphatic heterocycles. The lowest BCUT2D eigenvalue weighted by Gasteiger charge is -2.23. The summed E-state index contributed by atoms with van der Waals surface area (Å²) < 4.78 is 0. The van der Waals surface area contributed by atoms with Crippen LogP contribution in [0, 0.1) is 0 Å². The molecule has 0 saturated carbocycles. The molecule has 19 heavy (non-hydrogen) atoms. The Morgan fingerprint density at radius 3 is 2.21 bits per heavy atom. The first-order valence-corrected chi connectivity index (χ1v) is 6.44. The number of carbonyl (C=O) groups excluding carboxylic acids is 1. The van der Waals surface area contributed by atoms with Gasteiger partial charge in [0.25, 0.3) is 0 Å². The predicted octanol–water partition coefficient (Wildman–Crippen LogP) is 3.38. The van der Waals surface area contributed by atoms with Crippen LogP contribution in [0.4, 0.5) is 0 Å². The Morgan fingerprint density at radius 2 is 1.58 bits per heavy atom. The third kappa shape index (κ3) is 2.68. The van der Waals surface area contributed by atoms with Crippen molar-refractivity contribution in [1.82, 2.24) is 5.32 Å². The highest BCUT2D eigenvalue weighted by molar-refractivity contribution is 5.87. The predicted molar refractivity (Wildman–Crippen MR) is 79.0 cm³/mol. The summed E-state index contributed by atoms with van der Waals surface area (Å²) >= 11 is 0. The molecule has 0 aliphatic rings. The number of amides is 1. The summed E-state index contributed by atoms with van der Waals surface area (Å²) in [5.74, 6) is 0.0257. The molecule has 0 fully saturated rings. The molecule has 0 atom stereocenters. The molecule has 0 aromatic heterocycles. The molecule has 0 bridgehead atoms. The molecule has 0 unspecified atom stereocenters. The molecule has 2 aromatic rings. The second-order valence-corrected chi connectivity index (χ2v) is 5.15. The van der Waals surface area contributed by atoms with Crippen LogP contribution >= 0.6 is 0 Å². The highest BCUT2D eigenvalue weighted by Gasteiger charge is 2.28. The number of carbonyl (C=O) groups is 1. The summed E-state index contributed by atoms with van der Waals surface area (Å²) in [4.78, 5) is 12.0. The van der Waals surface area contributed by atoms with Gasteiger partial charge in [-0.1, -0.05) is 54.6 Å². The van der Waals surface area contributed by atoms with Crippen molar-refractivity contribution in [3.05, 3.63) is 60.2 Å². The Balaban J connectivity index is 2.43. The standard InChI is InChI=1S/C17H19NO/c1-17(2,16(19)18-3)15-11-7-10-14(12-15)13-8-5-4-6-9-13/h4-12H,1-3H3,(H,18,19). The second kappa shape index (κ2) is 5.27. The van der Waals surface area contributed by atoms with Crippen LogP contribution in [0.1, 0.15) is 19.4 Å². The summed E-state index contributed by atoms with van der Waals surface area (Å²) in [6.45, 7) is 3.88. The summed E-state index contributed by atoms with van der Waals surface area (Å²) in [5, 5.41) is 2.72. The van der Waals surface area contributed by atoms with E-state index in [4.69, 9.17) is 0 Å². The van der Waals surface area contributed by atoms with Gasteiger partial charge in [0.05, 0.1) is 5.41 Å². The molecular weight excluding hydrogens is 234 g/mol. The van der Waals surface area contributed by atoms with Crippen molar-refractivity contribution in [2.24, 2.45) is 0 Å². The minimum Gasteiger partial charge on any atom is -0.358 e. The van der Waals surface area contributed by atoms with Gasteiger partial charge in [-0.3, -0.25) is 4.79 Å². The summed E-state index contributed by atoms with van der Waals surface area (Å²) in [6.07, 6.45) is 0. The third-order valence-corrected chi connectivity index (χ3v) is 3.49. The number of hydrogen-bond acceptors (Lipinski definition) is 1. The van der Waals surface area contributed by atoms with Crippen molar-refractivity contribution in [2.45, 2.75) is 19.3 Å². The van der Waals surface area contributed by atoms with Crippen molar-refractivity contribution >= 4 is 5.91 Å². The van der Waals surface area contributed by atoms with Crippen LogP contribution in [-0.2, 0) is 10.2 Å². The van der Waals surface area contributed by atoms with Crippen LogP contribution in [-0.4, -0.2) is 13.0 Å². The lowest BCUT2D eigenvalue weighted by molar-refractivity contribution is -0.125. The molecule has 2 heteroatoms. The van der Waals surface area contributed by atoms with E-state index >= 15 is 0 Å². The maximum atomic E-state index is 12.0. The van der Waals surface area contributed by atoms with Crippen LogP contribution in [0.5, 0.6) is 0 Å². The van der Waals surface area contributed by atoms with E-state index in [0.717, 1.165) is 16.7 Å². The lowest BCUT2D eigenvalue weighted by atomic mass is 9.82. The van der Waals surface area contributed by atoms with E-state index < -0.39 is 5.41 Å². The lowest BCUT2D eigenvalue weighted by Crippen LogP contribution is -2.37. The van der Waals surface area contributed by atoms with E-state index in [-0.39, 0.29) is 5.91 Å². The Bertz CT molecular complexity index is 573. The SMILES string of the molecule is CNC(=O)C(C)(C)c1cccc(-c2ccccc2)c1. The van der Waals surface area contributed by atoms with Crippen LogP contribution in [0.2, 0.25) is 0 Å². The first-order chi connectivity index (χ1) is 9.05. The number of rotatable bonds is 3. The monoisotopic (exact) mass is 253 g/mol. The van der Waals surface area contributed by atoms with Gasteiger partial charge in [0.2, 0.25) is 5.91 Å². The minimum atomic E-state index is -0.528. The summed E-state index contributed by atoms with van der Waals surface area (Å²) in [7, 11) is 1.67. The van der Waals surface area contributed by atoms with Crippen molar-refractivity contribution < 1.29 is 4.79 Å². The van der Waals surface area contributed by atoms with Gasteiger partial charge in [-0.25, -0.2) is 0 Å². The van der Waals surface area contributed by atoms with Crippen molar-refractivity contribution in [1.29, 1.82) is 0 Å². The van der Waals surface area contributed by atoms with Gasteiger partial charge >= 0.3 is 0 Å². The first-order valence-electron chi connectivity index (χ1n) is 6.44. The molecule has 0 aliphatic carbocycles. The van der Waals surface area contributed by atoms with E-state index in [1.807, 2.05) is 44.2 Å². The average Bonchev–Trinajstić information content (AvgIpc) is 2.47. The van der Waals surface area contributed by atoms with Crippen molar-refractivity contribution in [2.75, 3.05) is 7.05 Å². The molecule has 2 aromatic carbocycles. The molecular formula is C17H19NO. The second-order valence-electron chi connectivity index (χ2n) is 5.15. The van der Waals surface area contributed by atoms with Gasteiger partial charge in [0, 0.05) is 7.05 Å². The molecule has 2 rings (SSSR count). The zero-order valence-corrected chi connectivity index (χ0v) is 11.6. The minimum absolute atomic E-state index is 0.0257. The molecule has 2 nitrogen and oxygen atoms in total. The fourth-order valence-corrected chi connectivity index (χ4v) is 2.16. The topological polar surface area (TPSA) is 29.1 Å². The van der Waals surface area contributed by atoms with Crippen molar-refractivity contribution in [3.8, 4) is 11.1 Å². The Hall–Kier alpha value is -2.09. The van der Waals surface area contributed by atoms with Gasteiger partial charge < -0.3 is 5.32 Å². The Morgan fingerprint density at radius 1 is 0.947 bits per heavy atom. The van der Waals surface area contributed by atoms with Gasteiger partial charge in [0.15, 0.2) is 0 Å². The van der Waals surface area contributed by atoms with E-state index in [0.29, 0.717) is 0 Å². The van der Waals surface area contributed by atoms with Gasteiger partial charge in [-0.2, -0.15) is 0 Å². The van der Waals surface area contributed by atoms with Crippen LogP contribution in [0.15, 0.2) is 54.6 Å². The summed E-state index contributed by atoms with van der Waals surface area (Å²) in [6, 6.07) is 18.4. The molecule has 0 heterocycles. The number of hydrogen-bond donors (Lipinski definition) is 1. The number of nitrogens with one attached hydrogen (secondary N) is 1. The fraction of sp³-hybridized carbons (Fsp3) is 0.235. The zero-order chi connectivity index (χ0) is 13.9. The van der Waals surface area contributed by atoms with Crippen molar-refractivity contribution in [3.63, 3.8) is 0 Å². The number of benzene rings is 2. The molecule has 0 saturated heterocycles. The Labute approximate surface area is 114 Å². The van der Waals surface area contributed by atoms with E-state index in [1.165, 1.54) is 0 Å². The van der Waals surface area contributed by atoms with E-state index in [9.17, 15) is 4.79 Å². The largest absolute Gasteiger partial charge is 0.358 e. The molecule has 98 valence electrons. The van der Waals surface area contributed by atoms with Crippen LogP contribution in [0.25, 0.3) is 11.1 Å². The van der Waals surface area contributed by atoms with Gasteiger partial charge in [-0.05, 0) is 30.5 Å². The smallest absolute Gasteiger partial charge is 0.229 e. The first kappa shape index (κ1) is 13.3. The maximum Gasteiger partial charge on any atom is 0.229 e. The highest BCUT2D eigenvalue weighted by Crippen LogP contribution is 2.28. The normalized spacial score (nSPS) is 11.1. The molecule has 1 amide bonds. The quantitative estimate of drug-likeness (QED) is 0.892. The van der Waals surface area contributed by atoms with Crippen LogP contribution < -0.4 is 5.32 Å². The maximum absolute atomic E-state index is 12.0. The average molecular weight is 253 g/mol. The van der Waals surface area contributed by atoms with E-state index in [2.05, 4.69) is 29.6 Å².